The van der Waals surface area contributed by atoms with E-state index in [2.05, 4.69) is 10.3 Å². The third-order valence-electron chi connectivity index (χ3n) is 6.30. The highest BCUT2D eigenvalue weighted by Crippen LogP contribution is 2.49. The van der Waals surface area contributed by atoms with Crippen LogP contribution in [0.4, 0.5) is 11.4 Å². The Bertz CT molecular complexity index is 1370. The predicted octanol–water partition coefficient (Wildman–Crippen LogP) is 3.25. The average molecular weight is 489 g/mol. The summed E-state index contributed by atoms with van der Waals surface area (Å²) in [6, 6.07) is 13.8. The van der Waals surface area contributed by atoms with E-state index in [0.717, 1.165) is 0 Å². The molecule has 10 nitrogen and oxygen atoms in total. The van der Waals surface area contributed by atoms with Gasteiger partial charge in [-0.15, -0.1) is 0 Å². The minimum absolute atomic E-state index is 0.00684. The highest BCUT2D eigenvalue weighted by atomic mass is 16.5. The van der Waals surface area contributed by atoms with Gasteiger partial charge in [-0.1, -0.05) is 18.2 Å². The summed E-state index contributed by atoms with van der Waals surface area (Å²) in [5, 5.41) is 2.77. The van der Waals surface area contributed by atoms with Crippen LogP contribution in [0.2, 0.25) is 0 Å². The van der Waals surface area contributed by atoms with Gasteiger partial charge in [0, 0.05) is 24.7 Å². The summed E-state index contributed by atoms with van der Waals surface area (Å²) >= 11 is 0. The number of carbonyl (C=O) groups is 3. The van der Waals surface area contributed by atoms with Crippen molar-refractivity contribution in [3.05, 3.63) is 71.4 Å². The Morgan fingerprint density at radius 2 is 1.78 bits per heavy atom. The lowest BCUT2D eigenvalue weighted by Gasteiger charge is -2.40. The molecule has 2 aliphatic heterocycles. The van der Waals surface area contributed by atoms with Gasteiger partial charge in [-0.25, -0.2) is 4.98 Å². The lowest BCUT2D eigenvalue weighted by atomic mass is 10.0. The largest absolute Gasteiger partial charge is 0.493 e. The second-order valence-corrected chi connectivity index (χ2v) is 8.19. The number of amides is 3. The second-order valence-electron chi connectivity index (χ2n) is 8.19. The number of carbonyl (C=O) groups excluding carboxylic acids is 3. The van der Waals surface area contributed by atoms with Gasteiger partial charge in [-0.3, -0.25) is 19.3 Å². The normalized spacial score (nSPS) is 15.7. The summed E-state index contributed by atoms with van der Waals surface area (Å²) < 4.78 is 16.1. The fraction of sp³-hybridized carbons (Fsp3) is 0.231. The third-order valence-corrected chi connectivity index (χ3v) is 6.30. The van der Waals surface area contributed by atoms with Gasteiger partial charge in [0.25, 0.3) is 11.8 Å². The van der Waals surface area contributed by atoms with Crippen molar-refractivity contribution < 1.29 is 28.6 Å². The maximum Gasteiger partial charge on any atom is 0.264 e. The molecule has 1 unspecified atom stereocenters. The molecule has 1 aromatic heterocycles. The van der Waals surface area contributed by atoms with E-state index < -0.39 is 6.17 Å². The van der Waals surface area contributed by atoms with E-state index in [1.54, 1.807) is 59.6 Å². The van der Waals surface area contributed by atoms with Crippen molar-refractivity contribution in [2.45, 2.75) is 12.6 Å². The Balaban J connectivity index is 1.50. The summed E-state index contributed by atoms with van der Waals surface area (Å²) in [5.74, 6) is 0.114. The lowest BCUT2D eigenvalue weighted by Crippen LogP contribution is -2.49. The minimum atomic E-state index is -0.726. The Morgan fingerprint density at radius 1 is 0.972 bits per heavy atom. The van der Waals surface area contributed by atoms with Crippen molar-refractivity contribution >= 4 is 29.1 Å². The molecule has 3 aromatic rings. The molecule has 0 saturated heterocycles. The number of anilines is 2. The van der Waals surface area contributed by atoms with Gasteiger partial charge in [-0.05, 0) is 30.3 Å². The summed E-state index contributed by atoms with van der Waals surface area (Å²) in [6.07, 6.45) is 0.827. The number of ether oxygens (including phenoxy) is 3. The molecule has 0 bridgehead atoms. The summed E-state index contributed by atoms with van der Waals surface area (Å²) in [4.78, 5) is 47.3. The van der Waals surface area contributed by atoms with Crippen LogP contribution in [0.5, 0.6) is 17.4 Å². The molecule has 36 heavy (non-hydrogen) atoms. The number of fused-ring (bicyclic) bond motifs is 5. The molecule has 1 atom stereocenters. The van der Waals surface area contributed by atoms with Crippen LogP contribution < -0.4 is 24.4 Å². The fourth-order valence-electron chi connectivity index (χ4n) is 4.73. The Labute approximate surface area is 207 Å². The molecule has 2 aliphatic rings. The number of pyridine rings is 1. The van der Waals surface area contributed by atoms with E-state index in [4.69, 9.17) is 14.2 Å². The number of benzene rings is 2. The van der Waals surface area contributed by atoms with E-state index in [1.807, 2.05) is 0 Å². The molecule has 0 spiro atoms. The van der Waals surface area contributed by atoms with Crippen LogP contribution in [0.25, 0.3) is 0 Å². The lowest BCUT2D eigenvalue weighted by molar-refractivity contribution is -0.116. The van der Waals surface area contributed by atoms with E-state index in [1.165, 1.54) is 26.2 Å². The van der Waals surface area contributed by atoms with Gasteiger partial charge in [0.15, 0.2) is 11.5 Å². The first-order valence-corrected chi connectivity index (χ1v) is 11.3. The number of methoxy groups -OCH3 is 3. The number of nitrogens with one attached hydrogen (secondary N) is 1. The fourth-order valence-corrected chi connectivity index (χ4v) is 4.73. The van der Waals surface area contributed by atoms with Crippen molar-refractivity contribution in [2.75, 3.05) is 38.1 Å². The topological polar surface area (TPSA) is 110 Å². The van der Waals surface area contributed by atoms with Gasteiger partial charge >= 0.3 is 0 Å². The molecular weight excluding hydrogens is 464 g/mol. The van der Waals surface area contributed by atoms with Crippen LogP contribution in [-0.2, 0) is 4.79 Å². The van der Waals surface area contributed by atoms with Crippen molar-refractivity contribution in [1.29, 1.82) is 0 Å². The molecule has 0 radical (unpaired) electrons. The van der Waals surface area contributed by atoms with E-state index in [0.29, 0.717) is 39.6 Å². The number of nitrogens with zero attached hydrogens (tertiary/aromatic N) is 3. The first kappa shape index (κ1) is 23.2. The molecule has 5 rings (SSSR count). The van der Waals surface area contributed by atoms with E-state index in [-0.39, 0.29) is 36.6 Å². The SMILES string of the molecule is COc1ccc2c(c1OC)C(=O)N1c3ccccc3C(=O)N(CCC(=O)Nc3cccnc3OC)C21. The van der Waals surface area contributed by atoms with E-state index in [9.17, 15) is 14.4 Å². The quantitative estimate of drug-likeness (QED) is 0.544. The standard InChI is InChI=1S/C26H24N4O6/c1-34-19-11-10-16-21(22(19)35-2)26(33)30-18-9-5-4-7-15(18)25(32)29(24(16)30)14-12-20(31)28-17-8-6-13-27-23(17)36-3/h4-11,13,24H,12,14H2,1-3H3,(H,28,31). The van der Waals surface area contributed by atoms with Crippen molar-refractivity contribution in [1.82, 2.24) is 9.88 Å². The average Bonchev–Trinajstić information content (AvgIpc) is 3.20. The highest BCUT2D eigenvalue weighted by Gasteiger charge is 2.49. The van der Waals surface area contributed by atoms with Gasteiger partial charge in [0.1, 0.15) is 11.9 Å². The molecule has 10 heteroatoms. The molecule has 0 aliphatic carbocycles. The van der Waals surface area contributed by atoms with Crippen LogP contribution in [0, 0.1) is 0 Å². The highest BCUT2D eigenvalue weighted by molar-refractivity contribution is 6.18. The maximum absolute atomic E-state index is 13.7. The number of rotatable bonds is 7. The maximum atomic E-state index is 13.7. The molecule has 3 heterocycles. The summed E-state index contributed by atoms with van der Waals surface area (Å²) in [7, 11) is 4.43. The van der Waals surface area contributed by atoms with Gasteiger partial charge < -0.3 is 24.4 Å². The molecule has 184 valence electrons. The molecular formula is C26H24N4O6. The number of aromatic nitrogens is 1. The van der Waals surface area contributed by atoms with Crippen LogP contribution in [0.1, 0.15) is 38.9 Å². The molecule has 0 saturated carbocycles. The van der Waals surface area contributed by atoms with Crippen molar-refractivity contribution in [2.24, 2.45) is 0 Å². The Kier molecular flexibility index (Phi) is 5.93. The van der Waals surface area contributed by atoms with Crippen LogP contribution in [0.15, 0.2) is 54.7 Å². The zero-order chi connectivity index (χ0) is 25.4. The number of para-hydroxylation sites is 1. The van der Waals surface area contributed by atoms with Gasteiger partial charge in [-0.2, -0.15) is 0 Å². The number of hydrogen-bond acceptors (Lipinski definition) is 7. The Morgan fingerprint density at radius 3 is 2.53 bits per heavy atom. The first-order valence-electron chi connectivity index (χ1n) is 11.3. The Hall–Kier alpha value is -4.60. The van der Waals surface area contributed by atoms with Crippen LogP contribution in [0.3, 0.4) is 0 Å². The third kappa shape index (κ3) is 3.58. The van der Waals surface area contributed by atoms with Gasteiger partial charge in [0.2, 0.25) is 11.8 Å². The van der Waals surface area contributed by atoms with Gasteiger partial charge in [0.05, 0.1) is 38.1 Å². The summed E-state index contributed by atoms with van der Waals surface area (Å²) in [6.45, 7) is 0.0732. The summed E-state index contributed by atoms with van der Waals surface area (Å²) in [5.41, 5.74) is 2.27. The zero-order valence-corrected chi connectivity index (χ0v) is 20.0. The van der Waals surface area contributed by atoms with Crippen LogP contribution >= 0.6 is 0 Å². The van der Waals surface area contributed by atoms with Crippen molar-refractivity contribution in [3.8, 4) is 17.4 Å². The van der Waals surface area contributed by atoms with E-state index >= 15 is 0 Å². The minimum Gasteiger partial charge on any atom is -0.493 e. The molecule has 1 N–H and O–H groups in total. The molecule has 0 fully saturated rings. The number of hydrogen-bond donors (Lipinski definition) is 1. The monoisotopic (exact) mass is 488 g/mol. The smallest absolute Gasteiger partial charge is 0.264 e. The second kappa shape index (κ2) is 9.21. The predicted molar refractivity (Wildman–Crippen MR) is 131 cm³/mol. The molecule has 3 amide bonds. The first-order chi connectivity index (χ1) is 17.5. The zero-order valence-electron chi connectivity index (χ0n) is 20.0. The molecule has 2 aromatic carbocycles. The van der Waals surface area contributed by atoms with Crippen LogP contribution in [-0.4, -0.2) is 55.5 Å². The van der Waals surface area contributed by atoms with Crippen molar-refractivity contribution in [3.63, 3.8) is 0 Å².